The van der Waals surface area contributed by atoms with Crippen LogP contribution in [0.25, 0.3) is 5.57 Å². The minimum Gasteiger partial charge on any atom is -0.465 e. The molecule has 0 saturated carbocycles. The Labute approximate surface area is 173 Å². The van der Waals surface area contributed by atoms with Crippen LogP contribution in [0.2, 0.25) is 5.02 Å². The number of nitrogens with one attached hydrogen (secondary N) is 1. The highest BCUT2D eigenvalue weighted by molar-refractivity contribution is 6.35. The molecule has 0 atom stereocenters. The van der Waals surface area contributed by atoms with Gasteiger partial charge in [0.1, 0.15) is 5.60 Å². The van der Waals surface area contributed by atoms with Gasteiger partial charge < -0.3 is 9.47 Å². The van der Waals surface area contributed by atoms with E-state index >= 15 is 4.39 Å². The maximum Gasteiger partial charge on any atom is 0.412 e. The maximum atomic E-state index is 15.3. The van der Waals surface area contributed by atoms with Crippen molar-refractivity contribution in [1.29, 1.82) is 0 Å². The molecule has 0 unspecified atom stereocenters. The molecule has 0 saturated heterocycles. The van der Waals surface area contributed by atoms with Gasteiger partial charge in [-0.1, -0.05) is 41.9 Å². The molecule has 1 rings (SSSR count). The van der Waals surface area contributed by atoms with E-state index in [0.717, 1.165) is 7.11 Å². The number of hydrogen-bond acceptors (Lipinski definition) is 4. The molecule has 28 heavy (non-hydrogen) atoms. The maximum absolute atomic E-state index is 15.3. The van der Waals surface area contributed by atoms with Gasteiger partial charge in [0.15, 0.2) is 5.83 Å². The molecule has 0 fully saturated rings. The van der Waals surface area contributed by atoms with Gasteiger partial charge in [0.2, 0.25) is 0 Å². The number of ether oxygens (including phenoxy) is 2. The van der Waals surface area contributed by atoms with Crippen molar-refractivity contribution in [3.63, 3.8) is 0 Å². The fourth-order valence-electron chi connectivity index (χ4n) is 1.99. The predicted octanol–water partition coefficient (Wildman–Crippen LogP) is 5.74. The minimum atomic E-state index is -0.947. The van der Waals surface area contributed by atoms with Crippen LogP contribution in [-0.4, -0.2) is 24.8 Å². The lowest BCUT2D eigenvalue weighted by molar-refractivity contribution is -0.135. The van der Waals surface area contributed by atoms with Gasteiger partial charge in [-0.2, -0.15) is 0 Å². The zero-order valence-electron chi connectivity index (χ0n) is 16.3. The Morgan fingerprint density at radius 1 is 1.18 bits per heavy atom. The predicted molar refractivity (Wildman–Crippen MR) is 109 cm³/mol. The van der Waals surface area contributed by atoms with E-state index in [9.17, 15) is 9.59 Å². The Morgan fingerprint density at radius 3 is 2.18 bits per heavy atom. The van der Waals surface area contributed by atoms with Crippen LogP contribution in [0.15, 0.2) is 53.0 Å². The fraction of sp³-hybridized carbons (Fsp3) is 0.300. The van der Waals surface area contributed by atoms with E-state index in [2.05, 4.69) is 16.6 Å². The molecule has 0 radical (unpaired) electrons. The smallest absolute Gasteiger partial charge is 0.412 e. The molecule has 1 amide bonds. The van der Waals surface area contributed by atoms with Crippen LogP contribution >= 0.6 is 23.2 Å². The summed E-state index contributed by atoms with van der Waals surface area (Å²) in [7, 11) is 1.13. The van der Waals surface area contributed by atoms with Crippen LogP contribution in [0, 0.1) is 0 Å². The monoisotopic (exact) mass is 429 g/mol. The average molecular weight is 430 g/mol. The van der Waals surface area contributed by atoms with Crippen molar-refractivity contribution in [2.24, 2.45) is 0 Å². The van der Waals surface area contributed by atoms with Crippen molar-refractivity contribution in [2.45, 2.75) is 33.3 Å². The Kier molecular flexibility index (Phi) is 8.27. The highest BCUT2D eigenvalue weighted by Crippen LogP contribution is 2.30. The van der Waals surface area contributed by atoms with Crippen molar-refractivity contribution in [1.82, 2.24) is 5.32 Å². The molecule has 1 aromatic carbocycles. The third-order valence-electron chi connectivity index (χ3n) is 3.37. The highest BCUT2D eigenvalue weighted by atomic mass is 35.5. The first-order valence-electron chi connectivity index (χ1n) is 8.17. The summed E-state index contributed by atoms with van der Waals surface area (Å²) in [4.78, 5) is 23.9. The number of carbonyl (C=O) groups is 2. The standard InChI is InChI=1S/C20H22Cl2FNO4/c1-11(13-7-9-14(21)10-8-13)16(23)17(15(22)12(2)18(25)27-6)24-19(26)28-20(3,4)5/h7-10H,2H2,1,3-6H3,(H,24,26)/b16-11-,17-15-. The quantitative estimate of drug-likeness (QED) is 0.367. The molecule has 0 aliphatic carbocycles. The molecule has 152 valence electrons. The fourth-order valence-corrected chi connectivity index (χ4v) is 2.32. The number of alkyl carbamates (subject to hydrolysis) is 1. The zero-order chi connectivity index (χ0) is 21.6. The van der Waals surface area contributed by atoms with Crippen molar-refractivity contribution in [2.75, 3.05) is 7.11 Å². The topological polar surface area (TPSA) is 64.6 Å². The first kappa shape index (κ1) is 23.7. The van der Waals surface area contributed by atoms with Crippen LogP contribution in [-0.2, 0) is 14.3 Å². The van der Waals surface area contributed by atoms with Crippen LogP contribution < -0.4 is 5.32 Å². The lowest BCUT2D eigenvalue weighted by Crippen LogP contribution is -2.33. The molecule has 0 bridgehead atoms. The Bertz CT molecular complexity index is 837. The lowest BCUT2D eigenvalue weighted by Gasteiger charge is -2.21. The summed E-state index contributed by atoms with van der Waals surface area (Å²) in [6, 6.07) is 6.39. The van der Waals surface area contributed by atoms with Crippen LogP contribution in [0.3, 0.4) is 0 Å². The van der Waals surface area contributed by atoms with Gasteiger partial charge in [-0.05, 0) is 51.0 Å². The van der Waals surface area contributed by atoms with Gasteiger partial charge in [-0.3, -0.25) is 5.32 Å². The molecule has 1 N–H and O–H groups in total. The van der Waals surface area contributed by atoms with E-state index in [-0.39, 0.29) is 11.1 Å². The largest absolute Gasteiger partial charge is 0.465 e. The second-order valence-electron chi connectivity index (χ2n) is 6.73. The van der Waals surface area contributed by atoms with Crippen LogP contribution in [0.5, 0.6) is 0 Å². The Morgan fingerprint density at radius 2 is 1.71 bits per heavy atom. The van der Waals surface area contributed by atoms with Gasteiger partial charge >= 0.3 is 12.1 Å². The number of allylic oxidation sites excluding steroid dienone is 2. The first-order chi connectivity index (χ1) is 12.9. The van der Waals surface area contributed by atoms with Gasteiger partial charge in [0.05, 0.1) is 23.4 Å². The third kappa shape index (κ3) is 6.69. The second-order valence-corrected chi connectivity index (χ2v) is 7.55. The van der Waals surface area contributed by atoms with Crippen LogP contribution in [0.1, 0.15) is 33.3 Å². The molecule has 5 nitrogen and oxygen atoms in total. The van der Waals surface area contributed by atoms with Crippen molar-refractivity contribution < 1.29 is 23.5 Å². The Balaban J connectivity index is 3.46. The number of amides is 1. The molecule has 0 heterocycles. The number of methoxy groups -OCH3 is 1. The van der Waals surface area contributed by atoms with E-state index in [0.29, 0.717) is 10.6 Å². The number of esters is 1. The summed E-state index contributed by atoms with van der Waals surface area (Å²) < 4.78 is 25.0. The average Bonchev–Trinajstić information content (AvgIpc) is 2.62. The number of benzene rings is 1. The Hall–Kier alpha value is -2.31. The van der Waals surface area contributed by atoms with E-state index in [1.54, 1.807) is 45.0 Å². The molecule has 0 spiro atoms. The van der Waals surface area contributed by atoms with Crippen LogP contribution in [0.4, 0.5) is 9.18 Å². The summed E-state index contributed by atoms with van der Waals surface area (Å²) in [5.74, 6) is -1.74. The van der Waals surface area contributed by atoms with Gasteiger partial charge in [-0.25, -0.2) is 14.0 Å². The molecule has 1 aromatic rings. The number of rotatable bonds is 5. The minimum absolute atomic E-state index is 0.151. The van der Waals surface area contributed by atoms with E-state index in [1.807, 2.05) is 0 Å². The van der Waals surface area contributed by atoms with Crippen molar-refractivity contribution in [3.8, 4) is 0 Å². The van der Waals surface area contributed by atoms with Gasteiger partial charge in [0.25, 0.3) is 0 Å². The summed E-state index contributed by atoms with van der Waals surface area (Å²) >= 11 is 12.0. The number of carbonyl (C=O) groups excluding carboxylic acids is 2. The third-order valence-corrected chi connectivity index (χ3v) is 4.04. The summed E-state index contributed by atoms with van der Waals surface area (Å²) in [5, 5.41) is 2.32. The number of hydrogen-bond donors (Lipinski definition) is 1. The molecule has 0 aromatic heterocycles. The summed E-state index contributed by atoms with van der Waals surface area (Å²) in [6.07, 6.45) is -0.947. The van der Waals surface area contributed by atoms with E-state index < -0.39 is 34.2 Å². The first-order valence-corrected chi connectivity index (χ1v) is 8.93. The number of halogens is 3. The molecule has 8 heteroatoms. The van der Waals surface area contributed by atoms with E-state index in [1.165, 1.54) is 6.92 Å². The zero-order valence-corrected chi connectivity index (χ0v) is 17.8. The second kappa shape index (κ2) is 9.75. The normalized spacial score (nSPS) is 13.1. The molecular formula is C20H22Cl2FNO4. The van der Waals surface area contributed by atoms with Crippen molar-refractivity contribution in [3.05, 3.63) is 63.6 Å². The molecular weight excluding hydrogens is 408 g/mol. The van der Waals surface area contributed by atoms with Gasteiger partial charge in [0, 0.05) is 5.02 Å². The summed E-state index contributed by atoms with van der Waals surface area (Å²) in [5.41, 5.74) is -0.961. The lowest BCUT2D eigenvalue weighted by atomic mass is 10.0. The van der Waals surface area contributed by atoms with E-state index in [4.69, 9.17) is 27.9 Å². The highest BCUT2D eigenvalue weighted by Gasteiger charge is 2.24. The molecule has 0 aliphatic rings. The van der Waals surface area contributed by atoms with Crippen molar-refractivity contribution >= 4 is 40.8 Å². The SMILES string of the molecule is C=C(C(=O)OC)/C(Cl)=C(NC(=O)OC(C)(C)C)\C(F)=C(/C)c1ccc(Cl)cc1. The van der Waals surface area contributed by atoms with Gasteiger partial charge in [-0.15, -0.1) is 0 Å². The summed E-state index contributed by atoms with van der Waals surface area (Å²) in [6.45, 7) is 9.92. The molecule has 0 aliphatic heterocycles.